The maximum atomic E-state index is 13.2. The van der Waals surface area contributed by atoms with Crippen molar-refractivity contribution in [3.63, 3.8) is 0 Å². The number of fused-ring (bicyclic) bond motifs is 1. The molecule has 0 bridgehead atoms. The fraction of sp³-hybridized carbons (Fsp3) is 0.750. The number of aromatic nitrogens is 1. The van der Waals surface area contributed by atoms with Gasteiger partial charge in [-0.15, -0.1) is 0 Å². The Kier molecular flexibility index (Phi) is 3.98. The van der Waals surface area contributed by atoms with Crippen LogP contribution in [0.5, 0.6) is 0 Å². The van der Waals surface area contributed by atoms with Gasteiger partial charge >= 0.3 is 0 Å². The molecule has 132 valence electrons. The first-order valence-corrected chi connectivity index (χ1v) is 9.60. The van der Waals surface area contributed by atoms with Gasteiger partial charge in [-0.1, -0.05) is 12.8 Å². The quantitative estimate of drug-likeness (QED) is 0.825. The summed E-state index contributed by atoms with van der Waals surface area (Å²) < 4.78 is 8.01. The van der Waals surface area contributed by atoms with E-state index in [1.807, 2.05) is 0 Å². The zero-order valence-corrected chi connectivity index (χ0v) is 15.3. The minimum atomic E-state index is 0.103. The van der Waals surface area contributed by atoms with Gasteiger partial charge in [0.25, 0.3) is 5.91 Å². The van der Waals surface area contributed by atoms with Gasteiger partial charge in [0.05, 0.1) is 18.2 Å². The molecule has 1 unspecified atom stereocenters. The summed E-state index contributed by atoms with van der Waals surface area (Å²) >= 11 is 0. The molecule has 4 heteroatoms. The molecular formula is C20H30N2O2. The summed E-state index contributed by atoms with van der Waals surface area (Å²) in [4.78, 5) is 15.4. The molecule has 0 N–H and O–H groups in total. The maximum absolute atomic E-state index is 13.2. The molecule has 3 fully saturated rings. The van der Waals surface area contributed by atoms with Crippen LogP contribution in [0.3, 0.4) is 0 Å². The Morgan fingerprint density at radius 1 is 1.25 bits per heavy atom. The summed E-state index contributed by atoms with van der Waals surface area (Å²) in [5.41, 5.74) is 3.32. The highest BCUT2D eigenvalue weighted by atomic mass is 16.5. The topological polar surface area (TPSA) is 34.5 Å². The molecule has 0 radical (unpaired) electrons. The van der Waals surface area contributed by atoms with Gasteiger partial charge in [0.2, 0.25) is 0 Å². The van der Waals surface area contributed by atoms with E-state index < -0.39 is 0 Å². The molecule has 1 amide bonds. The summed E-state index contributed by atoms with van der Waals surface area (Å²) in [5.74, 6) is 0.956. The van der Waals surface area contributed by atoms with E-state index in [0.717, 1.165) is 43.9 Å². The summed E-state index contributed by atoms with van der Waals surface area (Å²) in [6, 6.07) is 2.49. The van der Waals surface area contributed by atoms with Gasteiger partial charge in [-0.25, -0.2) is 0 Å². The first-order valence-electron chi connectivity index (χ1n) is 9.60. The largest absolute Gasteiger partial charge is 0.379 e. The summed E-state index contributed by atoms with van der Waals surface area (Å²) in [7, 11) is 0. The van der Waals surface area contributed by atoms with Crippen LogP contribution in [0.2, 0.25) is 0 Å². The van der Waals surface area contributed by atoms with Gasteiger partial charge in [0.1, 0.15) is 0 Å². The number of amides is 1. The van der Waals surface area contributed by atoms with Crippen molar-refractivity contribution in [3.8, 4) is 0 Å². The van der Waals surface area contributed by atoms with Crippen LogP contribution in [0.25, 0.3) is 0 Å². The van der Waals surface area contributed by atoms with Crippen molar-refractivity contribution in [3.05, 3.63) is 23.0 Å². The predicted molar refractivity (Wildman–Crippen MR) is 94.4 cm³/mol. The normalized spacial score (nSPS) is 33.0. The molecule has 3 aliphatic rings. The van der Waals surface area contributed by atoms with Crippen molar-refractivity contribution < 1.29 is 9.53 Å². The first-order chi connectivity index (χ1) is 11.5. The van der Waals surface area contributed by atoms with E-state index in [2.05, 4.69) is 36.3 Å². The van der Waals surface area contributed by atoms with Gasteiger partial charge in [-0.3, -0.25) is 4.79 Å². The highest BCUT2D eigenvalue weighted by Crippen LogP contribution is 2.47. The summed E-state index contributed by atoms with van der Waals surface area (Å²) in [6.07, 6.45) is 7.30. The second kappa shape index (κ2) is 5.91. The molecule has 24 heavy (non-hydrogen) atoms. The molecule has 4 nitrogen and oxygen atoms in total. The number of carbonyl (C=O) groups excluding carboxylic acids is 1. The van der Waals surface area contributed by atoms with Gasteiger partial charge < -0.3 is 14.2 Å². The van der Waals surface area contributed by atoms with Gasteiger partial charge in [0, 0.05) is 30.1 Å². The molecule has 1 saturated carbocycles. The lowest BCUT2D eigenvalue weighted by atomic mass is 9.66. The second-order valence-electron chi connectivity index (χ2n) is 8.24. The number of rotatable bonds is 2. The smallest absolute Gasteiger partial charge is 0.256 e. The van der Waals surface area contributed by atoms with Crippen molar-refractivity contribution in [2.24, 2.45) is 5.92 Å². The monoisotopic (exact) mass is 330 g/mol. The van der Waals surface area contributed by atoms with E-state index in [0.29, 0.717) is 12.0 Å². The number of hydrogen-bond acceptors (Lipinski definition) is 2. The molecular weight excluding hydrogens is 300 g/mol. The van der Waals surface area contributed by atoms with E-state index in [-0.39, 0.29) is 11.4 Å². The van der Waals surface area contributed by atoms with Gasteiger partial charge in [0.15, 0.2) is 0 Å². The number of likely N-dealkylation sites (tertiary alicyclic amines) is 1. The number of nitrogens with zero attached hydrogens (tertiary/aromatic N) is 2. The average Bonchev–Trinajstić information content (AvgIpc) is 2.87. The Labute approximate surface area is 145 Å². The van der Waals surface area contributed by atoms with Crippen molar-refractivity contribution in [2.75, 3.05) is 19.8 Å². The van der Waals surface area contributed by atoms with Gasteiger partial charge in [-0.2, -0.15) is 0 Å². The molecule has 1 aromatic rings. The zero-order chi connectivity index (χ0) is 16.9. The molecule has 4 rings (SSSR count). The van der Waals surface area contributed by atoms with Crippen LogP contribution in [0.15, 0.2) is 6.07 Å². The number of aryl methyl sites for hydroxylation is 1. The molecule has 2 aliphatic heterocycles. The van der Waals surface area contributed by atoms with E-state index in [1.54, 1.807) is 0 Å². The second-order valence-corrected chi connectivity index (χ2v) is 8.24. The third-order valence-electron chi connectivity index (χ3n) is 6.85. The van der Waals surface area contributed by atoms with Crippen molar-refractivity contribution in [1.29, 1.82) is 0 Å². The Balaban J connectivity index is 1.59. The maximum Gasteiger partial charge on any atom is 0.256 e. The first kappa shape index (κ1) is 16.2. The van der Waals surface area contributed by atoms with Crippen molar-refractivity contribution in [1.82, 2.24) is 9.47 Å². The van der Waals surface area contributed by atoms with E-state index in [1.165, 1.54) is 31.4 Å². The Bertz CT molecular complexity index is 644. The van der Waals surface area contributed by atoms with Crippen LogP contribution < -0.4 is 0 Å². The van der Waals surface area contributed by atoms with Crippen LogP contribution in [0.1, 0.15) is 73.2 Å². The highest BCUT2D eigenvalue weighted by Gasteiger charge is 2.53. The van der Waals surface area contributed by atoms with Gasteiger partial charge in [-0.05, 0) is 58.4 Å². The number of carbonyl (C=O) groups is 1. The standard InChI is InChI=1S/C20H30N2O2/c1-14-11-18(15(2)22(14)17-8-6-10-24-13-17)19(23)21-12-16-7-4-5-9-20(16,21)3/h11,16-17H,4-10,12-13H2,1-3H3/t16-,17?,20-/m0/s1. The molecule has 0 aromatic carbocycles. The fourth-order valence-electron chi connectivity index (χ4n) is 5.29. The molecule has 2 saturated heterocycles. The number of hydrogen-bond donors (Lipinski definition) is 0. The SMILES string of the molecule is Cc1cc(C(=O)N2C[C@@H]3CCCC[C@@]32C)c(C)n1C1CCCOC1. The lowest BCUT2D eigenvalue weighted by Gasteiger charge is -2.59. The van der Waals surface area contributed by atoms with E-state index in [4.69, 9.17) is 4.74 Å². The minimum Gasteiger partial charge on any atom is -0.379 e. The lowest BCUT2D eigenvalue weighted by Crippen LogP contribution is -2.68. The van der Waals surface area contributed by atoms with Crippen molar-refractivity contribution >= 4 is 5.91 Å². The van der Waals surface area contributed by atoms with E-state index >= 15 is 0 Å². The molecule has 1 aliphatic carbocycles. The fourth-order valence-corrected chi connectivity index (χ4v) is 5.29. The Morgan fingerprint density at radius 2 is 2.08 bits per heavy atom. The summed E-state index contributed by atoms with van der Waals surface area (Å²) in [6.45, 7) is 9.12. The molecule has 0 spiro atoms. The van der Waals surface area contributed by atoms with Crippen molar-refractivity contribution in [2.45, 2.75) is 70.9 Å². The lowest BCUT2D eigenvalue weighted by molar-refractivity contribution is -0.0693. The van der Waals surface area contributed by atoms with Crippen LogP contribution in [-0.2, 0) is 4.74 Å². The average molecular weight is 330 g/mol. The predicted octanol–water partition coefficient (Wildman–Crippen LogP) is 3.86. The number of ether oxygens (including phenoxy) is 1. The Hall–Kier alpha value is -1.29. The minimum absolute atomic E-state index is 0.103. The van der Waals surface area contributed by atoms with E-state index in [9.17, 15) is 4.79 Å². The summed E-state index contributed by atoms with van der Waals surface area (Å²) in [5, 5.41) is 0. The van der Waals surface area contributed by atoms with Crippen LogP contribution in [0, 0.1) is 19.8 Å². The molecule has 3 heterocycles. The van der Waals surface area contributed by atoms with Crippen LogP contribution >= 0.6 is 0 Å². The molecule has 1 aromatic heterocycles. The highest BCUT2D eigenvalue weighted by molar-refractivity contribution is 5.97. The third kappa shape index (κ3) is 2.33. The van der Waals surface area contributed by atoms with Crippen LogP contribution in [-0.4, -0.2) is 40.7 Å². The zero-order valence-electron chi connectivity index (χ0n) is 15.3. The van der Waals surface area contributed by atoms with Crippen LogP contribution in [0.4, 0.5) is 0 Å². The Morgan fingerprint density at radius 3 is 2.79 bits per heavy atom. The third-order valence-corrected chi connectivity index (χ3v) is 6.85. The molecule has 3 atom stereocenters.